The molecule has 0 unspecified atom stereocenters. The lowest BCUT2D eigenvalue weighted by Crippen LogP contribution is -2.61. The molecule has 0 aromatic heterocycles. The number of unbranched alkanes of at least 4 members (excludes halogenated alkanes) is 1. The van der Waals surface area contributed by atoms with Crippen LogP contribution in [0.5, 0.6) is 0 Å². The Labute approximate surface area is 324 Å². The molecule has 0 saturated carbocycles. The maximum atomic E-state index is 13.7. The molecule has 0 heterocycles. The first-order valence-electron chi connectivity index (χ1n) is 18.2. The van der Waals surface area contributed by atoms with Gasteiger partial charge in [0.05, 0.1) is 25.7 Å². The molecule has 0 aromatic rings. The number of guanidine groups is 1. The fraction of sp³-hybridized carbons (Fsp3) is 0.727. The fourth-order valence-corrected chi connectivity index (χ4v) is 5.06. The van der Waals surface area contributed by atoms with E-state index in [0.29, 0.717) is 19.3 Å². The van der Waals surface area contributed by atoms with Crippen molar-refractivity contribution in [3.05, 3.63) is 0 Å². The van der Waals surface area contributed by atoms with Crippen LogP contribution >= 0.6 is 0 Å². The third kappa shape index (κ3) is 20.0. The summed E-state index contributed by atoms with van der Waals surface area (Å²) in [5, 5.41) is 51.8. The summed E-state index contributed by atoms with van der Waals surface area (Å²) in [6.07, 6.45) is -0.120. The van der Waals surface area contributed by atoms with Crippen molar-refractivity contribution in [1.82, 2.24) is 31.9 Å². The Balaban J connectivity index is 6.30. The predicted molar refractivity (Wildman–Crippen MR) is 201 cm³/mol. The molecule has 6 amide bonds. The van der Waals surface area contributed by atoms with Crippen LogP contribution in [0.25, 0.3) is 0 Å². The number of aliphatic imine (C=N–C) groups is 1. The Morgan fingerprint density at radius 3 is 1.52 bits per heavy atom. The van der Waals surface area contributed by atoms with E-state index in [1.54, 1.807) is 13.8 Å². The summed E-state index contributed by atoms with van der Waals surface area (Å²) in [6, 6.07) is -10.2. The van der Waals surface area contributed by atoms with Gasteiger partial charge in [-0.3, -0.25) is 38.6 Å². The second kappa shape index (κ2) is 26.6. The van der Waals surface area contributed by atoms with Crippen molar-refractivity contribution < 1.29 is 58.8 Å². The van der Waals surface area contributed by atoms with Crippen LogP contribution in [0.2, 0.25) is 0 Å². The minimum absolute atomic E-state index is 0.0200. The average molecular weight is 804 g/mol. The summed E-state index contributed by atoms with van der Waals surface area (Å²) in [7, 11) is 0. The topological polar surface area (TPSA) is 406 Å². The van der Waals surface area contributed by atoms with Crippen LogP contribution in [-0.4, -0.2) is 142 Å². The highest BCUT2D eigenvalue weighted by molar-refractivity contribution is 5.97. The molecule has 0 aliphatic rings. The third-order valence-electron chi connectivity index (χ3n) is 8.09. The number of nitrogens with two attached hydrogens (primary N) is 4. The molecule has 7 atom stereocenters. The second-order valence-electron chi connectivity index (χ2n) is 13.8. The Kier molecular flexibility index (Phi) is 24.2. The van der Waals surface area contributed by atoms with E-state index in [-0.39, 0.29) is 44.2 Å². The van der Waals surface area contributed by atoms with Crippen molar-refractivity contribution in [2.24, 2.45) is 39.8 Å². The van der Waals surface area contributed by atoms with Gasteiger partial charge in [-0.2, -0.15) is 0 Å². The maximum absolute atomic E-state index is 13.7. The van der Waals surface area contributed by atoms with Crippen molar-refractivity contribution in [3.8, 4) is 0 Å². The zero-order valence-electron chi connectivity index (χ0n) is 32.3. The molecule has 56 heavy (non-hydrogen) atoms. The van der Waals surface area contributed by atoms with Gasteiger partial charge >= 0.3 is 11.9 Å². The molecule has 0 spiro atoms. The molecule has 0 radical (unpaired) electrons. The van der Waals surface area contributed by atoms with E-state index in [2.05, 4.69) is 31.6 Å². The van der Waals surface area contributed by atoms with Crippen LogP contribution in [0.15, 0.2) is 4.99 Å². The molecular weight excluding hydrogens is 742 g/mol. The van der Waals surface area contributed by atoms with Crippen molar-refractivity contribution in [2.75, 3.05) is 26.3 Å². The largest absolute Gasteiger partial charge is 0.481 e. The molecule has 0 fully saturated rings. The normalized spacial score (nSPS) is 14.8. The molecule has 18 N–H and O–H groups in total. The summed E-state index contributed by atoms with van der Waals surface area (Å²) < 4.78 is 0. The zero-order chi connectivity index (χ0) is 43.1. The molecule has 0 bridgehead atoms. The Bertz CT molecular complexity index is 1360. The monoisotopic (exact) mass is 803 g/mol. The molecule has 23 nitrogen and oxygen atoms in total. The summed E-state index contributed by atoms with van der Waals surface area (Å²) in [5.74, 6) is -9.49. The van der Waals surface area contributed by atoms with Crippen molar-refractivity contribution in [1.29, 1.82) is 0 Å². The molecule has 23 heteroatoms. The van der Waals surface area contributed by atoms with Gasteiger partial charge in [-0.25, -0.2) is 4.79 Å². The first-order valence-corrected chi connectivity index (χ1v) is 18.2. The highest BCUT2D eigenvalue weighted by atomic mass is 16.4. The quantitative estimate of drug-likeness (QED) is 0.0199. The Hall–Kier alpha value is -5.13. The Morgan fingerprint density at radius 1 is 0.607 bits per heavy atom. The van der Waals surface area contributed by atoms with E-state index < -0.39 is 115 Å². The van der Waals surface area contributed by atoms with Gasteiger partial charge in [0.2, 0.25) is 35.4 Å². The summed E-state index contributed by atoms with van der Waals surface area (Å²) in [5.41, 5.74) is 22.3. The molecular formula is C33H61N11O12. The standard InChI is InChI=1S/C33H61N11O12/c1-16(2)12-18(35)26(49)44-25(17(3)4)31(54)42-22(14-45)30(53)40-19(8-5-6-10-34)27(50)39-20(9-7-11-38-33(36)37)28(51)41-21(13-24(47)48)29(52)43-23(15-46)32(55)56/h16-23,25,45-46H,5-15,34-35H2,1-4H3,(H,39,50)(H,40,53)(H,41,51)(H,42,54)(H,43,52)(H,44,49)(H,47,48)(H,55,56)(H4,36,37,38)/t18-,19-,20-,21-,22-,23-,25-/m0/s1. The number of hydrogen-bond donors (Lipinski definition) is 14. The number of nitrogens with one attached hydrogen (secondary N) is 6. The van der Waals surface area contributed by atoms with Gasteiger partial charge in [0.25, 0.3) is 0 Å². The number of amides is 6. The lowest BCUT2D eigenvalue weighted by molar-refractivity contribution is -0.144. The van der Waals surface area contributed by atoms with Gasteiger partial charge in [-0.05, 0) is 56.9 Å². The van der Waals surface area contributed by atoms with E-state index in [4.69, 9.17) is 22.9 Å². The number of carboxylic acid groups (broad SMARTS) is 2. The highest BCUT2D eigenvalue weighted by Crippen LogP contribution is 2.09. The number of aliphatic carboxylic acids is 2. The van der Waals surface area contributed by atoms with Gasteiger partial charge in [-0.1, -0.05) is 27.7 Å². The summed E-state index contributed by atoms with van der Waals surface area (Å²) >= 11 is 0. The number of rotatable bonds is 28. The molecule has 0 rings (SSSR count). The number of carbonyl (C=O) groups is 8. The lowest BCUT2D eigenvalue weighted by atomic mass is 10.00. The number of carbonyl (C=O) groups excluding carboxylic acids is 6. The number of hydrogen-bond acceptors (Lipinski definition) is 13. The Morgan fingerprint density at radius 2 is 1.07 bits per heavy atom. The average Bonchev–Trinajstić information content (AvgIpc) is 3.10. The van der Waals surface area contributed by atoms with Gasteiger partial charge in [0.15, 0.2) is 5.96 Å². The van der Waals surface area contributed by atoms with E-state index in [0.717, 1.165) is 0 Å². The SMILES string of the molecule is CC(C)C[C@H](N)C(=O)N[C@H](C(=O)N[C@@H](CO)C(=O)N[C@@H](CCCCN)C(=O)N[C@@H](CCCN=C(N)N)C(=O)N[C@@H](CC(=O)O)C(=O)N[C@@H](CO)C(=O)O)C(C)C. The van der Waals surface area contributed by atoms with Crippen molar-refractivity contribution in [2.45, 2.75) is 115 Å². The molecule has 0 saturated heterocycles. The smallest absolute Gasteiger partial charge is 0.328 e. The maximum Gasteiger partial charge on any atom is 0.328 e. The van der Waals surface area contributed by atoms with E-state index in [1.807, 2.05) is 19.2 Å². The van der Waals surface area contributed by atoms with E-state index in [9.17, 15) is 58.8 Å². The second-order valence-corrected chi connectivity index (χ2v) is 13.8. The first kappa shape index (κ1) is 50.9. The van der Waals surface area contributed by atoms with Crippen LogP contribution in [0, 0.1) is 11.8 Å². The summed E-state index contributed by atoms with van der Waals surface area (Å²) in [4.78, 5) is 106. The zero-order valence-corrected chi connectivity index (χ0v) is 32.3. The van der Waals surface area contributed by atoms with Crippen molar-refractivity contribution in [3.63, 3.8) is 0 Å². The van der Waals surface area contributed by atoms with Crippen LogP contribution in [0.3, 0.4) is 0 Å². The van der Waals surface area contributed by atoms with Gasteiger partial charge in [0, 0.05) is 6.54 Å². The van der Waals surface area contributed by atoms with E-state index >= 15 is 0 Å². The minimum Gasteiger partial charge on any atom is -0.481 e. The lowest BCUT2D eigenvalue weighted by Gasteiger charge is -2.28. The number of aliphatic hydroxyl groups is 2. The van der Waals surface area contributed by atoms with Crippen LogP contribution in [0.1, 0.15) is 72.6 Å². The van der Waals surface area contributed by atoms with Crippen LogP contribution in [-0.2, 0) is 38.4 Å². The molecule has 320 valence electrons. The van der Waals surface area contributed by atoms with Crippen LogP contribution < -0.4 is 54.8 Å². The first-order chi connectivity index (χ1) is 26.2. The molecule has 0 aliphatic heterocycles. The third-order valence-corrected chi connectivity index (χ3v) is 8.09. The fourth-order valence-electron chi connectivity index (χ4n) is 5.06. The summed E-state index contributed by atoms with van der Waals surface area (Å²) in [6.45, 7) is 5.28. The minimum atomic E-state index is -1.86. The molecule has 0 aliphatic carbocycles. The van der Waals surface area contributed by atoms with Gasteiger partial charge in [-0.15, -0.1) is 0 Å². The number of carboxylic acids is 2. The van der Waals surface area contributed by atoms with E-state index in [1.165, 1.54) is 0 Å². The van der Waals surface area contributed by atoms with Crippen LogP contribution in [0.4, 0.5) is 0 Å². The van der Waals surface area contributed by atoms with Crippen molar-refractivity contribution >= 4 is 53.3 Å². The molecule has 0 aromatic carbocycles. The van der Waals surface area contributed by atoms with Gasteiger partial charge in [0.1, 0.15) is 36.3 Å². The number of aliphatic hydroxyl groups excluding tert-OH is 2. The highest BCUT2D eigenvalue weighted by Gasteiger charge is 2.34. The predicted octanol–water partition coefficient (Wildman–Crippen LogP) is -5.35. The number of nitrogens with zero attached hydrogens (tertiary/aromatic N) is 1. The van der Waals surface area contributed by atoms with Gasteiger partial charge < -0.3 is 75.3 Å².